The number of hydrogen-bond donors (Lipinski definition) is 2. The van der Waals surface area contributed by atoms with Crippen LogP contribution in [0.3, 0.4) is 0 Å². The molecule has 0 saturated heterocycles. The Morgan fingerprint density at radius 2 is 1.87 bits per heavy atom. The summed E-state index contributed by atoms with van der Waals surface area (Å²) >= 11 is 2.62. The fraction of sp³-hybridized carbons (Fsp3) is 0.115. The molecular weight excluding hydrogens is 522 g/mol. The van der Waals surface area contributed by atoms with Gasteiger partial charge in [-0.3, -0.25) is 14.7 Å². The Kier molecular flexibility index (Phi) is 7.71. The number of nitrogens with one attached hydrogen (secondary N) is 2. The molecule has 2 aromatic carbocycles. The van der Waals surface area contributed by atoms with Crippen molar-refractivity contribution in [3.05, 3.63) is 87.5 Å². The maximum Gasteiger partial charge on any atom is 0.301 e. The Labute approximate surface area is 224 Å². The molecule has 38 heavy (non-hydrogen) atoms. The Hall–Kier alpha value is -4.55. The van der Waals surface area contributed by atoms with Crippen molar-refractivity contribution in [3.8, 4) is 27.6 Å². The minimum atomic E-state index is -0.383. The second-order valence-electron chi connectivity index (χ2n) is 8.01. The summed E-state index contributed by atoms with van der Waals surface area (Å²) in [7, 11) is 0. The summed E-state index contributed by atoms with van der Waals surface area (Å²) in [6.45, 7) is 0.441. The molecule has 3 heterocycles. The summed E-state index contributed by atoms with van der Waals surface area (Å²) < 4.78 is 1.36. The number of aldehydes is 1. The van der Waals surface area contributed by atoms with E-state index in [2.05, 4.69) is 30.6 Å². The number of aromatic amines is 1. The zero-order chi connectivity index (χ0) is 26.3. The number of hydrogen-bond acceptors (Lipinski definition) is 9. The molecular formula is C26H21N7O3S2. The number of H-pyrrole nitrogens is 1. The highest BCUT2D eigenvalue weighted by molar-refractivity contribution is 7.13. The Morgan fingerprint density at radius 3 is 2.61 bits per heavy atom. The van der Waals surface area contributed by atoms with Crippen LogP contribution in [0, 0.1) is 0 Å². The normalized spacial score (nSPS) is 11.2. The summed E-state index contributed by atoms with van der Waals surface area (Å²) in [5, 5.41) is 18.8. The number of thiazole rings is 2. The van der Waals surface area contributed by atoms with Crippen LogP contribution in [0.2, 0.25) is 0 Å². The average molecular weight is 544 g/mol. The lowest BCUT2D eigenvalue weighted by Gasteiger charge is -2.04. The first kappa shape index (κ1) is 25.1. The number of carbonyl (C=O) groups excluding carboxylic acids is 2. The molecule has 5 rings (SSSR count). The molecule has 0 bridgehead atoms. The molecule has 190 valence electrons. The van der Waals surface area contributed by atoms with E-state index in [1.165, 1.54) is 27.4 Å². The van der Waals surface area contributed by atoms with Crippen LogP contribution in [0.25, 0.3) is 27.6 Å². The van der Waals surface area contributed by atoms with E-state index in [1.807, 2.05) is 35.7 Å². The largest absolute Gasteiger partial charge is 0.352 e. The monoisotopic (exact) mass is 543 g/mol. The molecule has 0 aliphatic heterocycles. The zero-order valence-corrected chi connectivity index (χ0v) is 21.5. The lowest BCUT2D eigenvalue weighted by atomic mass is 10.1. The third-order valence-corrected chi connectivity index (χ3v) is 6.98. The minimum absolute atomic E-state index is 0.159. The van der Waals surface area contributed by atoms with Crippen LogP contribution in [0.1, 0.15) is 23.2 Å². The smallest absolute Gasteiger partial charge is 0.301 e. The van der Waals surface area contributed by atoms with Crippen LogP contribution in [0.15, 0.2) is 86.6 Å². The Morgan fingerprint density at radius 1 is 1.05 bits per heavy atom. The van der Waals surface area contributed by atoms with Gasteiger partial charge in [-0.1, -0.05) is 42.5 Å². The van der Waals surface area contributed by atoms with Gasteiger partial charge < -0.3 is 10.1 Å². The molecule has 1 amide bonds. The molecule has 3 aromatic heterocycles. The number of benzene rings is 2. The highest BCUT2D eigenvalue weighted by Crippen LogP contribution is 2.30. The van der Waals surface area contributed by atoms with Crippen molar-refractivity contribution >= 4 is 45.7 Å². The molecule has 0 unspecified atom stereocenters. The van der Waals surface area contributed by atoms with Crippen molar-refractivity contribution in [1.29, 1.82) is 0 Å². The molecule has 0 radical (unpaired) electrons. The van der Waals surface area contributed by atoms with E-state index in [1.54, 1.807) is 35.8 Å². The number of azo groups is 1. The minimum Gasteiger partial charge on any atom is -0.352 e. The second-order valence-corrected chi connectivity index (χ2v) is 9.72. The van der Waals surface area contributed by atoms with Crippen molar-refractivity contribution in [2.45, 2.75) is 12.8 Å². The van der Waals surface area contributed by atoms with Crippen LogP contribution >= 0.6 is 22.7 Å². The van der Waals surface area contributed by atoms with E-state index in [0.29, 0.717) is 46.6 Å². The first-order chi connectivity index (χ1) is 18.6. The van der Waals surface area contributed by atoms with E-state index >= 15 is 0 Å². The SMILES string of the molecule is O=CCCCNC(=O)c1ccc(-c2csc(-n3[nH]c(-c4ccccc4)c(N=Nc4nccs4)c3=O)n2)cc1. The van der Waals surface area contributed by atoms with Gasteiger partial charge in [0.15, 0.2) is 5.69 Å². The quantitative estimate of drug-likeness (QED) is 0.136. The van der Waals surface area contributed by atoms with Crippen molar-refractivity contribution in [2.75, 3.05) is 6.54 Å². The van der Waals surface area contributed by atoms with Crippen LogP contribution in [-0.2, 0) is 4.79 Å². The molecule has 5 aromatic rings. The van der Waals surface area contributed by atoms with Gasteiger partial charge in [-0.2, -0.15) is 4.68 Å². The summed E-state index contributed by atoms with van der Waals surface area (Å²) in [5.74, 6) is -0.202. The van der Waals surface area contributed by atoms with Crippen molar-refractivity contribution in [2.24, 2.45) is 10.2 Å². The van der Waals surface area contributed by atoms with Gasteiger partial charge in [0, 0.05) is 46.6 Å². The third kappa shape index (κ3) is 5.56. The van der Waals surface area contributed by atoms with E-state index in [0.717, 1.165) is 17.4 Å². The number of nitrogens with zero attached hydrogens (tertiary/aromatic N) is 5. The van der Waals surface area contributed by atoms with Crippen LogP contribution in [0.4, 0.5) is 10.8 Å². The lowest BCUT2D eigenvalue weighted by Crippen LogP contribution is -2.24. The van der Waals surface area contributed by atoms with Gasteiger partial charge in [0.05, 0.1) is 11.4 Å². The Bertz CT molecular complexity index is 1620. The second kappa shape index (κ2) is 11.7. The van der Waals surface area contributed by atoms with Gasteiger partial charge >= 0.3 is 5.56 Å². The first-order valence-electron chi connectivity index (χ1n) is 11.6. The molecule has 2 N–H and O–H groups in total. The molecule has 0 aliphatic carbocycles. The maximum absolute atomic E-state index is 13.4. The maximum atomic E-state index is 13.4. The van der Waals surface area contributed by atoms with Gasteiger partial charge in [0.2, 0.25) is 10.3 Å². The van der Waals surface area contributed by atoms with Crippen LogP contribution in [-0.4, -0.2) is 38.5 Å². The van der Waals surface area contributed by atoms with Gasteiger partial charge in [0.25, 0.3) is 5.91 Å². The highest BCUT2D eigenvalue weighted by Gasteiger charge is 2.19. The summed E-state index contributed by atoms with van der Waals surface area (Å²) in [6.07, 6.45) is 3.48. The van der Waals surface area contributed by atoms with E-state index in [9.17, 15) is 14.4 Å². The van der Waals surface area contributed by atoms with Crippen molar-refractivity contribution in [1.82, 2.24) is 25.1 Å². The predicted molar refractivity (Wildman–Crippen MR) is 147 cm³/mol. The van der Waals surface area contributed by atoms with E-state index in [4.69, 9.17) is 0 Å². The zero-order valence-electron chi connectivity index (χ0n) is 19.9. The highest BCUT2D eigenvalue weighted by atomic mass is 32.1. The fourth-order valence-electron chi connectivity index (χ4n) is 3.60. The molecule has 0 aliphatic rings. The molecule has 12 heteroatoms. The standard InChI is InChI=1S/C26H21N7O3S2/c34-14-5-4-12-27-23(35)19-10-8-17(9-11-19)20-16-38-26(29-20)33-24(36)22(30-31-25-28-13-15-37-25)21(32-33)18-6-2-1-3-7-18/h1-3,6-11,13-16,32H,4-5,12H2,(H,27,35). The van der Waals surface area contributed by atoms with Crippen LogP contribution < -0.4 is 10.9 Å². The number of carbonyl (C=O) groups is 2. The molecule has 10 nitrogen and oxygen atoms in total. The predicted octanol–water partition coefficient (Wildman–Crippen LogP) is 5.54. The fourth-order valence-corrected chi connectivity index (χ4v) is 4.85. The summed E-state index contributed by atoms with van der Waals surface area (Å²) in [5.41, 5.74) is 3.06. The van der Waals surface area contributed by atoms with Crippen molar-refractivity contribution < 1.29 is 9.59 Å². The molecule has 0 atom stereocenters. The molecule has 0 fully saturated rings. The van der Waals surface area contributed by atoms with E-state index < -0.39 is 0 Å². The summed E-state index contributed by atoms with van der Waals surface area (Å²) in [6, 6.07) is 16.5. The summed E-state index contributed by atoms with van der Waals surface area (Å²) in [4.78, 5) is 44.8. The van der Waals surface area contributed by atoms with Gasteiger partial charge in [-0.25, -0.2) is 9.97 Å². The first-order valence-corrected chi connectivity index (χ1v) is 13.4. The topological polar surface area (TPSA) is 134 Å². The van der Waals surface area contributed by atoms with Gasteiger partial charge in [-0.15, -0.1) is 32.9 Å². The van der Waals surface area contributed by atoms with Crippen LogP contribution in [0.5, 0.6) is 0 Å². The van der Waals surface area contributed by atoms with E-state index in [-0.39, 0.29) is 17.2 Å². The van der Waals surface area contributed by atoms with Gasteiger partial charge in [-0.05, 0) is 18.6 Å². The van der Waals surface area contributed by atoms with Gasteiger partial charge in [0.1, 0.15) is 6.29 Å². The molecule has 0 spiro atoms. The number of rotatable bonds is 10. The average Bonchev–Trinajstić information content (AvgIpc) is 3.71. The molecule has 0 saturated carbocycles. The third-order valence-electron chi connectivity index (χ3n) is 5.49. The lowest BCUT2D eigenvalue weighted by molar-refractivity contribution is -0.107. The van der Waals surface area contributed by atoms with Crippen molar-refractivity contribution in [3.63, 3.8) is 0 Å². The number of amides is 1. The number of aromatic nitrogens is 4. The Balaban J connectivity index is 1.41. The number of unbranched alkanes of at least 4 members (excludes halogenated alkanes) is 1.